The average Bonchev–Trinajstić information content (AvgIpc) is 2.94. The first-order valence-electron chi connectivity index (χ1n) is 7.65. The highest BCUT2D eigenvalue weighted by Crippen LogP contribution is 2.08. The molecule has 0 aliphatic rings. The summed E-state index contributed by atoms with van der Waals surface area (Å²) < 4.78 is 4.09. The molecule has 2 aromatic rings. The van der Waals surface area contributed by atoms with Gasteiger partial charge in [-0.1, -0.05) is 0 Å². The molecule has 0 spiro atoms. The molecule has 2 heterocycles. The van der Waals surface area contributed by atoms with Crippen LogP contribution in [0.15, 0.2) is 20.4 Å². The van der Waals surface area contributed by atoms with Crippen LogP contribution in [0.3, 0.4) is 0 Å². The zero-order chi connectivity index (χ0) is 18.0. The van der Waals surface area contributed by atoms with Gasteiger partial charge in [0.25, 0.3) is 0 Å². The van der Waals surface area contributed by atoms with Gasteiger partial charge in [0.15, 0.2) is 0 Å². The van der Waals surface area contributed by atoms with E-state index in [0.717, 1.165) is 21.0 Å². The number of hydrogen-bond acceptors (Lipinski definition) is 6. The summed E-state index contributed by atoms with van der Waals surface area (Å²) in [5.41, 5.74) is 3.94. The van der Waals surface area contributed by atoms with E-state index in [-0.39, 0.29) is 0 Å². The van der Waals surface area contributed by atoms with Crippen LogP contribution in [0, 0.1) is 27.7 Å². The maximum atomic E-state index is 4.34. The predicted octanol–water partition coefficient (Wildman–Crippen LogP) is 2.97. The van der Waals surface area contributed by atoms with Crippen LogP contribution in [0.1, 0.15) is 35.0 Å². The lowest BCUT2D eigenvalue weighted by molar-refractivity contribution is 0.815. The maximum Gasteiger partial charge on any atom is 0.210 e. The van der Waals surface area contributed by atoms with Gasteiger partial charge in [-0.25, -0.2) is 0 Å². The second-order valence-electron chi connectivity index (χ2n) is 5.74. The molecule has 0 atom stereocenters. The summed E-state index contributed by atoms with van der Waals surface area (Å²) in [6, 6.07) is 0. The summed E-state index contributed by atoms with van der Waals surface area (Å²) in [6.45, 7) is 12.1. The summed E-state index contributed by atoms with van der Waals surface area (Å²) in [7, 11) is 4.00. The average molecular weight is 365 g/mol. The number of nitrogens with zero attached hydrogens (tertiary/aromatic N) is 6. The van der Waals surface area contributed by atoms with Gasteiger partial charge in [0, 0.05) is 35.2 Å². The second kappa shape index (κ2) is 7.40. The van der Waals surface area contributed by atoms with E-state index in [1.807, 2.05) is 37.1 Å². The molecule has 2 rings (SSSR count). The fraction of sp³-hybridized carbons (Fsp3) is 0.500. The molecule has 0 aliphatic heterocycles. The van der Waals surface area contributed by atoms with Gasteiger partial charge in [0.1, 0.15) is 0 Å². The molecule has 0 amide bonds. The first-order valence-corrected chi connectivity index (χ1v) is 9.28. The molecule has 0 N–H and O–H groups in total. The molecule has 0 fully saturated rings. The van der Waals surface area contributed by atoms with Crippen molar-refractivity contribution in [3.8, 4) is 0 Å². The van der Waals surface area contributed by atoms with Crippen molar-refractivity contribution in [2.45, 2.75) is 41.5 Å². The third-order valence-electron chi connectivity index (χ3n) is 4.18. The lowest BCUT2D eigenvalue weighted by Crippen LogP contribution is -2.13. The summed E-state index contributed by atoms with van der Waals surface area (Å²) in [5, 5.41) is 17.3. The molecule has 0 saturated heterocycles. The zero-order valence-corrected chi connectivity index (χ0v) is 17.1. The largest absolute Gasteiger partial charge is 0.322 e. The van der Waals surface area contributed by atoms with Crippen LogP contribution in [-0.2, 0) is 14.1 Å². The first kappa shape index (κ1) is 18.5. The van der Waals surface area contributed by atoms with E-state index in [0.29, 0.717) is 0 Å². The summed E-state index contributed by atoms with van der Waals surface area (Å²) in [5.74, 6) is 0. The molecular formula is C16H24N6S2. The van der Waals surface area contributed by atoms with Gasteiger partial charge in [-0.05, 0) is 41.5 Å². The van der Waals surface area contributed by atoms with Gasteiger partial charge in [-0.15, -0.1) is 32.9 Å². The minimum absolute atomic E-state index is 0.759. The van der Waals surface area contributed by atoms with Gasteiger partial charge in [0.05, 0.1) is 11.4 Å². The fourth-order valence-electron chi connectivity index (χ4n) is 1.87. The second-order valence-corrected chi connectivity index (χ2v) is 8.10. The molecule has 0 saturated carbocycles. The van der Waals surface area contributed by atoms with Gasteiger partial charge >= 0.3 is 0 Å². The van der Waals surface area contributed by atoms with Crippen molar-refractivity contribution in [3.05, 3.63) is 30.7 Å². The summed E-state index contributed by atoms with van der Waals surface area (Å²) in [6.07, 6.45) is 0. The van der Waals surface area contributed by atoms with E-state index in [9.17, 15) is 0 Å². The molecule has 0 bridgehead atoms. The van der Waals surface area contributed by atoms with Gasteiger partial charge in [-0.3, -0.25) is 0 Å². The number of aryl methyl sites for hydroxylation is 2. The number of thiazole rings is 2. The van der Waals surface area contributed by atoms with E-state index < -0.39 is 0 Å². The Morgan fingerprint density at radius 3 is 1.29 bits per heavy atom. The van der Waals surface area contributed by atoms with E-state index >= 15 is 0 Å². The molecule has 0 radical (unpaired) electrons. The number of rotatable bonds is 3. The highest BCUT2D eigenvalue weighted by molar-refractivity contribution is 7.09. The third-order valence-corrected chi connectivity index (χ3v) is 6.46. The highest BCUT2D eigenvalue weighted by atomic mass is 32.1. The lowest BCUT2D eigenvalue weighted by atomic mass is 10.3. The summed E-state index contributed by atoms with van der Waals surface area (Å²) >= 11 is 3.27. The zero-order valence-electron chi connectivity index (χ0n) is 15.5. The molecular weight excluding hydrogens is 340 g/mol. The van der Waals surface area contributed by atoms with E-state index in [4.69, 9.17) is 0 Å². The van der Waals surface area contributed by atoms with Crippen LogP contribution in [0.25, 0.3) is 0 Å². The Hall–Kier alpha value is -1.80. The molecule has 130 valence electrons. The smallest absolute Gasteiger partial charge is 0.210 e. The van der Waals surface area contributed by atoms with Crippen molar-refractivity contribution in [1.82, 2.24) is 9.13 Å². The minimum Gasteiger partial charge on any atom is -0.322 e. The van der Waals surface area contributed by atoms with Crippen LogP contribution >= 0.6 is 22.7 Å². The molecule has 2 aromatic heterocycles. The Balaban J connectivity index is 2.33. The van der Waals surface area contributed by atoms with Crippen molar-refractivity contribution >= 4 is 34.1 Å². The minimum atomic E-state index is 0.759. The molecule has 6 nitrogen and oxygen atoms in total. The van der Waals surface area contributed by atoms with E-state index in [1.54, 1.807) is 22.7 Å². The molecule has 0 aliphatic carbocycles. The van der Waals surface area contributed by atoms with Crippen LogP contribution in [0.4, 0.5) is 0 Å². The Bertz CT molecular complexity index is 868. The van der Waals surface area contributed by atoms with Gasteiger partial charge in [0.2, 0.25) is 9.60 Å². The lowest BCUT2D eigenvalue weighted by Gasteiger charge is -1.96. The summed E-state index contributed by atoms with van der Waals surface area (Å²) in [4.78, 5) is 4.26. The van der Waals surface area contributed by atoms with Crippen LogP contribution < -0.4 is 9.60 Å². The third kappa shape index (κ3) is 3.81. The molecule has 8 heteroatoms. The predicted molar refractivity (Wildman–Crippen MR) is 103 cm³/mol. The van der Waals surface area contributed by atoms with Crippen molar-refractivity contribution < 1.29 is 0 Å². The van der Waals surface area contributed by atoms with Crippen molar-refractivity contribution in [1.29, 1.82) is 0 Å². The van der Waals surface area contributed by atoms with Gasteiger partial charge < -0.3 is 9.13 Å². The monoisotopic (exact) mass is 364 g/mol. The van der Waals surface area contributed by atoms with E-state index in [1.165, 1.54) is 21.1 Å². The normalized spacial score (nSPS) is 14.8. The fourth-order valence-corrected chi connectivity index (χ4v) is 3.70. The van der Waals surface area contributed by atoms with Crippen molar-refractivity contribution in [2.24, 2.45) is 34.5 Å². The van der Waals surface area contributed by atoms with Crippen molar-refractivity contribution in [2.75, 3.05) is 0 Å². The van der Waals surface area contributed by atoms with Crippen LogP contribution in [0.2, 0.25) is 0 Å². The Labute approximate surface area is 150 Å². The quantitative estimate of drug-likeness (QED) is 0.594. The highest BCUT2D eigenvalue weighted by Gasteiger charge is 2.03. The molecule has 24 heavy (non-hydrogen) atoms. The first-order chi connectivity index (χ1) is 11.2. The Morgan fingerprint density at radius 2 is 1.04 bits per heavy atom. The van der Waals surface area contributed by atoms with Crippen molar-refractivity contribution in [3.63, 3.8) is 0 Å². The van der Waals surface area contributed by atoms with Gasteiger partial charge in [-0.2, -0.15) is 10.2 Å². The topological polar surface area (TPSA) is 59.3 Å². The van der Waals surface area contributed by atoms with Crippen LogP contribution in [-0.4, -0.2) is 20.6 Å². The SMILES string of the molecule is CC(=N\N=c1\sc(C)c(C)n1C)/C(C)=N/N=c1/sc(C)c(C)n1C. The Kier molecular flexibility index (Phi) is 5.71. The van der Waals surface area contributed by atoms with E-state index in [2.05, 4.69) is 48.1 Å². The Morgan fingerprint density at radius 1 is 0.708 bits per heavy atom. The number of hydrogen-bond donors (Lipinski definition) is 0. The maximum absolute atomic E-state index is 4.34. The van der Waals surface area contributed by atoms with Crippen LogP contribution in [0.5, 0.6) is 0 Å². The standard InChI is InChI=1S/C16H24N6S2/c1-9(17-19-15-21(7)11(3)13(5)23-15)10(2)18-20-16-22(8)12(4)14(6)24-16/h1-8H3/b17-9+,18-10+,19-15+,20-16+. The number of aromatic nitrogens is 2. The molecule has 0 unspecified atom stereocenters. The molecule has 0 aromatic carbocycles.